The number of aliphatic imine (C=N–C) groups is 1. The Morgan fingerprint density at radius 1 is 1.28 bits per heavy atom. The zero-order valence-corrected chi connectivity index (χ0v) is 8.98. The molecule has 0 amide bonds. The van der Waals surface area contributed by atoms with Crippen molar-refractivity contribution < 1.29 is 23.1 Å². The largest absolute Gasteiger partial charge is 0.478 e. The number of carboxylic acids is 1. The predicted molar refractivity (Wildman–Crippen MR) is 59.5 cm³/mol. The summed E-state index contributed by atoms with van der Waals surface area (Å²) in [6.07, 6.45) is -4.53. The summed E-state index contributed by atoms with van der Waals surface area (Å²) in [5.74, 6) is -1.79. The number of benzene rings is 1. The van der Waals surface area contributed by atoms with E-state index in [0.29, 0.717) is 6.20 Å². The van der Waals surface area contributed by atoms with Crippen LogP contribution in [0.15, 0.2) is 47.1 Å². The number of nitrogens with zero attached hydrogens (tertiary/aromatic N) is 1. The molecule has 0 saturated heterocycles. The molecule has 0 fully saturated rings. The van der Waals surface area contributed by atoms with Gasteiger partial charge in [-0.2, -0.15) is 13.2 Å². The second kappa shape index (κ2) is 5.35. The number of nitrogens with two attached hydrogens (primary N) is 1. The molecule has 3 N–H and O–H groups in total. The van der Waals surface area contributed by atoms with Crippen molar-refractivity contribution in [2.45, 2.75) is 6.18 Å². The van der Waals surface area contributed by atoms with Gasteiger partial charge in [0.1, 0.15) is 5.57 Å². The number of alkyl halides is 3. The minimum absolute atomic E-state index is 0.00887. The summed E-state index contributed by atoms with van der Waals surface area (Å²) in [4.78, 5) is 14.0. The summed E-state index contributed by atoms with van der Waals surface area (Å²) in [6, 6.07) is 7.21. The van der Waals surface area contributed by atoms with Gasteiger partial charge in [-0.25, -0.2) is 9.79 Å². The highest BCUT2D eigenvalue weighted by molar-refractivity contribution is 6.21. The fraction of sp³-hybridized carbons (Fsp3) is 0.0909. The van der Waals surface area contributed by atoms with Gasteiger partial charge in [0, 0.05) is 6.20 Å². The lowest BCUT2D eigenvalue weighted by Crippen LogP contribution is -2.29. The van der Waals surface area contributed by atoms with Crippen LogP contribution in [0.3, 0.4) is 0 Å². The van der Waals surface area contributed by atoms with Crippen molar-refractivity contribution in [3.63, 3.8) is 0 Å². The number of aliphatic carboxylic acids is 1. The van der Waals surface area contributed by atoms with Gasteiger partial charge < -0.3 is 10.8 Å². The maximum atomic E-state index is 12.7. The van der Waals surface area contributed by atoms with Gasteiger partial charge in [-0.15, -0.1) is 0 Å². The average molecular weight is 258 g/mol. The maximum Gasteiger partial charge on any atom is 0.434 e. The highest BCUT2D eigenvalue weighted by Crippen LogP contribution is 2.25. The van der Waals surface area contributed by atoms with E-state index >= 15 is 0 Å². The molecule has 1 aromatic carbocycles. The number of para-hydroxylation sites is 1. The van der Waals surface area contributed by atoms with Gasteiger partial charge in [0.25, 0.3) is 0 Å². The van der Waals surface area contributed by atoms with E-state index in [2.05, 4.69) is 4.99 Å². The van der Waals surface area contributed by atoms with Crippen LogP contribution in [0.4, 0.5) is 18.9 Å². The van der Waals surface area contributed by atoms with Crippen LogP contribution in [0.5, 0.6) is 0 Å². The van der Waals surface area contributed by atoms with Crippen molar-refractivity contribution in [2.24, 2.45) is 10.7 Å². The minimum Gasteiger partial charge on any atom is -0.478 e. The molecule has 7 heteroatoms. The zero-order valence-electron chi connectivity index (χ0n) is 8.98. The fourth-order valence-corrected chi connectivity index (χ4v) is 1.16. The highest BCUT2D eigenvalue weighted by atomic mass is 19.4. The van der Waals surface area contributed by atoms with E-state index in [1.807, 2.05) is 0 Å². The average Bonchev–Trinajstić information content (AvgIpc) is 2.28. The first-order valence-corrected chi connectivity index (χ1v) is 4.72. The van der Waals surface area contributed by atoms with Crippen molar-refractivity contribution in [1.29, 1.82) is 0 Å². The fourth-order valence-electron chi connectivity index (χ4n) is 1.16. The summed E-state index contributed by atoms with van der Waals surface area (Å²) in [5.41, 5.74) is 2.26. The third-order valence-electron chi connectivity index (χ3n) is 1.92. The lowest BCUT2D eigenvalue weighted by atomic mass is 10.1. The second-order valence-electron chi connectivity index (χ2n) is 3.18. The summed E-state index contributed by atoms with van der Waals surface area (Å²) < 4.78 is 38.1. The third-order valence-corrected chi connectivity index (χ3v) is 1.92. The van der Waals surface area contributed by atoms with Crippen LogP contribution in [0, 0.1) is 0 Å². The lowest BCUT2D eigenvalue weighted by molar-refractivity contribution is -0.132. The SMILES string of the molecule is N/C=C(/C(=O)O)C(=Nc1ccccc1)C(F)(F)F. The molecule has 0 unspecified atom stereocenters. The van der Waals surface area contributed by atoms with Crippen LogP contribution >= 0.6 is 0 Å². The Morgan fingerprint density at radius 2 is 1.83 bits per heavy atom. The Hall–Kier alpha value is -2.31. The van der Waals surface area contributed by atoms with Gasteiger partial charge in [-0.1, -0.05) is 18.2 Å². The Bertz CT molecular complexity index is 493. The second-order valence-corrected chi connectivity index (χ2v) is 3.18. The normalized spacial score (nSPS) is 13.5. The molecule has 0 aromatic heterocycles. The first-order chi connectivity index (χ1) is 8.36. The maximum absolute atomic E-state index is 12.7. The topological polar surface area (TPSA) is 75.7 Å². The number of carbonyl (C=O) groups is 1. The van der Waals surface area contributed by atoms with E-state index in [4.69, 9.17) is 10.8 Å². The monoisotopic (exact) mass is 258 g/mol. The summed E-state index contributed by atoms with van der Waals surface area (Å²) in [5, 5.41) is 8.66. The Labute approximate surface area is 100 Å². The van der Waals surface area contributed by atoms with Gasteiger partial charge >= 0.3 is 12.1 Å². The van der Waals surface area contributed by atoms with Gasteiger partial charge in [-0.3, -0.25) is 0 Å². The molecule has 4 nitrogen and oxygen atoms in total. The van der Waals surface area contributed by atoms with Crippen molar-refractivity contribution in [1.82, 2.24) is 0 Å². The predicted octanol–water partition coefficient (Wildman–Crippen LogP) is 2.25. The van der Waals surface area contributed by atoms with E-state index in [-0.39, 0.29) is 5.69 Å². The van der Waals surface area contributed by atoms with Crippen LogP contribution in [0.1, 0.15) is 0 Å². The standard InChI is InChI=1S/C11H9F3N2O2/c12-11(13,14)9(8(6-15)10(17)18)16-7-4-2-1-3-5-7/h1-6H,15H2,(H,17,18)/b8-6+,16-9?. The van der Waals surface area contributed by atoms with Crippen LogP contribution < -0.4 is 5.73 Å². The Balaban J connectivity index is 3.32. The molecule has 0 saturated carbocycles. The third kappa shape index (κ3) is 3.34. The number of rotatable bonds is 3. The summed E-state index contributed by atoms with van der Waals surface area (Å²) >= 11 is 0. The van der Waals surface area contributed by atoms with Gasteiger partial charge in [-0.05, 0) is 12.1 Å². The van der Waals surface area contributed by atoms with Gasteiger partial charge in [0.05, 0.1) is 5.69 Å². The van der Waals surface area contributed by atoms with Gasteiger partial charge in [0.15, 0.2) is 5.71 Å². The molecule has 1 aromatic rings. The molecule has 0 aliphatic rings. The number of halogens is 3. The molecule has 18 heavy (non-hydrogen) atoms. The number of hydrogen-bond acceptors (Lipinski definition) is 3. The Morgan fingerprint density at radius 3 is 2.22 bits per heavy atom. The lowest BCUT2D eigenvalue weighted by Gasteiger charge is -2.10. The van der Waals surface area contributed by atoms with E-state index < -0.39 is 23.4 Å². The van der Waals surface area contributed by atoms with Crippen LogP contribution in [-0.4, -0.2) is 23.0 Å². The molecule has 0 bridgehead atoms. The molecule has 0 aliphatic carbocycles. The first-order valence-electron chi connectivity index (χ1n) is 4.72. The number of hydrogen-bond donors (Lipinski definition) is 2. The molecule has 0 radical (unpaired) electrons. The Kier molecular flexibility index (Phi) is 4.09. The van der Waals surface area contributed by atoms with Crippen molar-refractivity contribution in [3.8, 4) is 0 Å². The van der Waals surface area contributed by atoms with E-state index in [9.17, 15) is 18.0 Å². The first kappa shape index (κ1) is 13.8. The van der Waals surface area contributed by atoms with E-state index in [0.717, 1.165) is 0 Å². The molecule has 1 rings (SSSR count). The molecule has 0 aliphatic heterocycles. The van der Waals surface area contributed by atoms with Crippen LogP contribution in [0.2, 0.25) is 0 Å². The molecular weight excluding hydrogens is 249 g/mol. The van der Waals surface area contributed by atoms with Crippen LogP contribution in [0.25, 0.3) is 0 Å². The molecule has 0 heterocycles. The van der Waals surface area contributed by atoms with Crippen molar-refractivity contribution in [3.05, 3.63) is 42.1 Å². The van der Waals surface area contributed by atoms with Crippen LogP contribution in [-0.2, 0) is 4.79 Å². The summed E-state index contributed by atoms with van der Waals surface area (Å²) in [6.45, 7) is 0. The molecular formula is C11H9F3N2O2. The smallest absolute Gasteiger partial charge is 0.434 e. The zero-order chi connectivity index (χ0) is 13.8. The van der Waals surface area contributed by atoms with Gasteiger partial charge in [0.2, 0.25) is 0 Å². The van der Waals surface area contributed by atoms with E-state index in [1.165, 1.54) is 24.3 Å². The molecule has 0 atom stereocenters. The molecule has 96 valence electrons. The quantitative estimate of drug-likeness (QED) is 0.645. The number of carboxylic acid groups (broad SMARTS) is 1. The van der Waals surface area contributed by atoms with E-state index in [1.54, 1.807) is 6.07 Å². The van der Waals surface area contributed by atoms with Crippen molar-refractivity contribution in [2.75, 3.05) is 0 Å². The highest BCUT2D eigenvalue weighted by Gasteiger charge is 2.40. The minimum atomic E-state index is -4.90. The van der Waals surface area contributed by atoms with Crippen molar-refractivity contribution >= 4 is 17.4 Å². The summed E-state index contributed by atoms with van der Waals surface area (Å²) in [7, 11) is 0. The molecule has 0 spiro atoms.